The van der Waals surface area contributed by atoms with Gasteiger partial charge in [0.2, 0.25) is 0 Å². The van der Waals surface area contributed by atoms with Crippen molar-refractivity contribution in [2.75, 3.05) is 6.26 Å². The standard InChI is InChI=1S/C21H22N6O4S/c1-21(20(28)25-29,32(2,30)31)9-12-26-14-17-13-16(5-8-19(17)24-26)15-3-6-18(7-4-15)27-22-10-11-23-27/h3-8,10-11,13-14,29H,9,12H2,1-2H3,(H,25,28)/t21-/m1/s1. The highest BCUT2D eigenvalue weighted by atomic mass is 32.2. The fourth-order valence-corrected chi connectivity index (χ4v) is 4.27. The normalized spacial score (nSPS) is 13.7. The van der Waals surface area contributed by atoms with Crippen LogP contribution >= 0.6 is 0 Å². The van der Waals surface area contributed by atoms with Gasteiger partial charge in [-0.25, -0.2) is 13.9 Å². The number of benzene rings is 2. The number of hydroxylamine groups is 1. The Morgan fingerprint density at radius 3 is 2.38 bits per heavy atom. The van der Waals surface area contributed by atoms with Crippen LogP contribution < -0.4 is 5.48 Å². The molecule has 1 amide bonds. The zero-order chi connectivity index (χ0) is 22.9. The molecule has 0 bridgehead atoms. The summed E-state index contributed by atoms with van der Waals surface area (Å²) >= 11 is 0. The molecule has 2 heterocycles. The second-order valence-corrected chi connectivity index (χ2v) is 10.2. The first-order valence-corrected chi connectivity index (χ1v) is 11.7. The fraction of sp³-hybridized carbons (Fsp3) is 0.238. The van der Waals surface area contributed by atoms with Crippen LogP contribution in [0.4, 0.5) is 0 Å². The summed E-state index contributed by atoms with van der Waals surface area (Å²) in [6, 6.07) is 13.7. The van der Waals surface area contributed by atoms with E-state index in [-0.39, 0.29) is 13.0 Å². The molecule has 2 aromatic heterocycles. The molecule has 0 radical (unpaired) electrons. The van der Waals surface area contributed by atoms with E-state index in [4.69, 9.17) is 5.21 Å². The Kier molecular flexibility index (Phi) is 5.53. The molecular weight excluding hydrogens is 432 g/mol. The summed E-state index contributed by atoms with van der Waals surface area (Å²) in [6.07, 6.45) is 5.98. The van der Waals surface area contributed by atoms with Crippen LogP contribution in [0, 0.1) is 0 Å². The predicted octanol–water partition coefficient (Wildman–Crippen LogP) is 1.98. The van der Waals surface area contributed by atoms with Gasteiger partial charge in [0.1, 0.15) is 0 Å². The Morgan fingerprint density at radius 2 is 1.75 bits per heavy atom. The minimum absolute atomic E-state index is 0.0397. The molecule has 0 saturated heterocycles. The number of carbonyl (C=O) groups excluding carboxylic acids is 1. The number of aromatic nitrogens is 5. The molecule has 32 heavy (non-hydrogen) atoms. The molecule has 10 nitrogen and oxygen atoms in total. The monoisotopic (exact) mass is 454 g/mol. The highest BCUT2D eigenvalue weighted by Gasteiger charge is 2.43. The molecule has 1 atom stereocenters. The summed E-state index contributed by atoms with van der Waals surface area (Å²) in [5, 5.41) is 22.5. The molecular formula is C21H22N6O4S. The van der Waals surface area contributed by atoms with Gasteiger partial charge in [0.25, 0.3) is 5.91 Å². The predicted molar refractivity (Wildman–Crippen MR) is 118 cm³/mol. The molecule has 0 aliphatic carbocycles. The molecule has 0 aliphatic rings. The summed E-state index contributed by atoms with van der Waals surface area (Å²) < 4.78 is 24.1. The maximum Gasteiger partial charge on any atom is 0.264 e. The summed E-state index contributed by atoms with van der Waals surface area (Å²) in [5.74, 6) is -0.965. The third kappa shape index (κ3) is 3.99. The van der Waals surface area contributed by atoms with Crippen molar-refractivity contribution in [3.63, 3.8) is 0 Å². The van der Waals surface area contributed by atoms with Gasteiger partial charge in [0, 0.05) is 24.4 Å². The first-order chi connectivity index (χ1) is 15.2. The lowest BCUT2D eigenvalue weighted by Gasteiger charge is -2.24. The van der Waals surface area contributed by atoms with Crippen molar-refractivity contribution in [1.82, 2.24) is 30.3 Å². The van der Waals surface area contributed by atoms with Gasteiger partial charge < -0.3 is 0 Å². The molecule has 4 aromatic rings. The molecule has 166 valence electrons. The van der Waals surface area contributed by atoms with Crippen molar-refractivity contribution in [3.05, 3.63) is 61.1 Å². The third-order valence-electron chi connectivity index (χ3n) is 5.62. The average molecular weight is 455 g/mol. The average Bonchev–Trinajstić information content (AvgIpc) is 3.45. The van der Waals surface area contributed by atoms with Crippen LogP contribution in [0.25, 0.3) is 27.7 Å². The summed E-state index contributed by atoms with van der Waals surface area (Å²) in [6.45, 7) is 1.48. The van der Waals surface area contributed by atoms with Crippen LogP contribution in [0.1, 0.15) is 13.3 Å². The van der Waals surface area contributed by atoms with Crippen molar-refractivity contribution in [1.29, 1.82) is 0 Å². The van der Waals surface area contributed by atoms with Gasteiger partial charge in [-0.05, 0) is 48.7 Å². The van der Waals surface area contributed by atoms with E-state index in [1.807, 2.05) is 42.5 Å². The third-order valence-corrected chi connectivity index (χ3v) is 7.65. The van der Waals surface area contributed by atoms with E-state index >= 15 is 0 Å². The quantitative estimate of drug-likeness (QED) is 0.322. The first kappa shape index (κ1) is 21.7. The topological polar surface area (TPSA) is 132 Å². The molecule has 0 aliphatic heterocycles. The van der Waals surface area contributed by atoms with Gasteiger partial charge in [0.15, 0.2) is 14.6 Å². The number of sulfone groups is 1. The summed E-state index contributed by atoms with van der Waals surface area (Å²) in [4.78, 5) is 13.5. The van der Waals surface area contributed by atoms with E-state index < -0.39 is 20.5 Å². The Hall–Kier alpha value is -3.57. The van der Waals surface area contributed by atoms with Crippen molar-refractivity contribution < 1.29 is 18.4 Å². The van der Waals surface area contributed by atoms with Gasteiger partial charge in [-0.1, -0.05) is 18.2 Å². The van der Waals surface area contributed by atoms with Crippen molar-refractivity contribution in [3.8, 4) is 16.8 Å². The Bertz CT molecular complexity index is 1360. The van der Waals surface area contributed by atoms with Crippen molar-refractivity contribution in [2.24, 2.45) is 0 Å². The SMILES string of the molecule is C[C@@](CCn1cc2cc(-c3ccc(-n4nccn4)cc3)ccc2n1)(C(=O)NO)S(C)(=O)=O. The van der Waals surface area contributed by atoms with Crippen LogP contribution in [0.2, 0.25) is 0 Å². The minimum Gasteiger partial charge on any atom is -0.289 e. The highest BCUT2D eigenvalue weighted by molar-refractivity contribution is 7.92. The van der Waals surface area contributed by atoms with E-state index in [0.29, 0.717) is 0 Å². The van der Waals surface area contributed by atoms with Crippen LogP contribution in [-0.2, 0) is 21.2 Å². The van der Waals surface area contributed by atoms with E-state index in [2.05, 4.69) is 15.3 Å². The van der Waals surface area contributed by atoms with Crippen LogP contribution in [0.3, 0.4) is 0 Å². The van der Waals surface area contributed by atoms with Gasteiger partial charge in [-0.2, -0.15) is 20.1 Å². The van der Waals surface area contributed by atoms with Gasteiger partial charge in [0.05, 0.1) is 23.6 Å². The Morgan fingerprint density at radius 1 is 1.09 bits per heavy atom. The lowest BCUT2D eigenvalue weighted by Crippen LogP contribution is -2.49. The van der Waals surface area contributed by atoms with E-state index in [1.54, 1.807) is 28.1 Å². The van der Waals surface area contributed by atoms with Gasteiger partial charge in [-0.3, -0.25) is 14.7 Å². The molecule has 0 spiro atoms. The number of hydrogen-bond donors (Lipinski definition) is 2. The first-order valence-electron chi connectivity index (χ1n) is 9.80. The Labute approximate surface area is 184 Å². The maximum atomic E-state index is 12.1. The summed E-state index contributed by atoms with van der Waals surface area (Å²) in [5.41, 5.74) is 5.07. The molecule has 0 fully saturated rings. The second-order valence-electron chi connectivity index (χ2n) is 7.73. The smallest absolute Gasteiger partial charge is 0.264 e. The zero-order valence-electron chi connectivity index (χ0n) is 17.5. The number of nitrogens with zero attached hydrogens (tertiary/aromatic N) is 5. The van der Waals surface area contributed by atoms with Gasteiger partial charge >= 0.3 is 0 Å². The lowest BCUT2D eigenvalue weighted by atomic mass is 10.0. The molecule has 0 saturated carbocycles. The van der Waals surface area contributed by atoms with Crippen LogP contribution in [0.15, 0.2) is 61.1 Å². The van der Waals surface area contributed by atoms with Crippen LogP contribution in [0.5, 0.6) is 0 Å². The lowest BCUT2D eigenvalue weighted by molar-refractivity contribution is -0.131. The number of rotatable bonds is 7. The zero-order valence-corrected chi connectivity index (χ0v) is 18.3. The Balaban J connectivity index is 1.56. The molecule has 0 unspecified atom stereocenters. The number of amides is 1. The minimum atomic E-state index is -3.76. The number of hydrogen-bond acceptors (Lipinski definition) is 7. The number of nitrogens with one attached hydrogen (secondary N) is 1. The van der Waals surface area contributed by atoms with Gasteiger partial charge in [-0.15, -0.1) is 0 Å². The van der Waals surface area contributed by atoms with Crippen molar-refractivity contribution >= 4 is 26.6 Å². The highest BCUT2D eigenvalue weighted by Crippen LogP contribution is 2.26. The van der Waals surface area contributed by atoms with E-state index in [1.165, 1.54) is 12.4 Å². The molecule has 2 N–H and O–H groups in total. The fourth-order valence-electron chi connectivity index (χ4n) is 3.42. The van der Waals surface area contributed by atoms with Crippen molar-refractivity contribution in [2.45, 2.75) is 24.6 Å². The molecule has 2 aromatic carbocycles. The second kappa shape index (κ2) is 8.17. The maximum absolute atomic E-state index is 12.1. The number of fused-ring (bicyclic) bond motifs is 1. The molecule has 11 heteroatoms. The summed E-state index contributed by atoms with van der Waals surface area (Å²) in [7, 11) is -3.76. The molecule has 4 rings (SSSR count). The van der Waals surface area contributed by atoms with E-state index in [0.717, 1.165) is 34.0 Å². The largest absolute Gasteiger partial charge is 0.289 e. The van der Waals surface area contributed by atoms with Crippen LogP contribution in [-0.4, -0.2) is 55.3 Å². The number of aryl methyl sites for hydroxylation is 1. The van der Waals surface area contributed by atoms with E-state index in [9.17, 15) is 13.2 Å². The number of carbonyl (C=O) groups is 1.